The number of hydrogen-bond donors (Lipinski definition) is 1. The van der Waals surface area contributed by atoms with Gasteiger partial charge < -0.3 is 0 Å². The number of sulfonamides is 1. The average Bonchev–Trinajstić information content (AvgIpc) is 2.04. The minimum Gasteiger partial charge on any atom is -0.215 e. The lowest BCUT2D eigenvalue weighted by Gasteiger charge is -2.02. The van der Waals surface area contributed by atoms with E-state index >= 15 is 0 Å². The molecule has 76 valence electrons. The van der Waals surface area contributed by atoms with Crippen LogP contribution >= 0.6 is 0 Å². The molecule has 0 bridgehead atoms. The van der Waals surface area contributed by atoms with Crippen LogP contribution < -0.4 is 4.72 Å². The molecule has 13 heavy (non-hydrogen) atoms. The van der Waals surface area contributed by atoms with Gasteiger partial charge in [-0.25, -0.2) is 13.1 Å². The molecule has 7 heteroatoms. The highest BCUT2D eigenvalue weighted by Crippen LogP contribution is 1.89. The SMILES string of the molecule is CCCS(=O)(=O)NCCCN=[N+]=[N-]. The largest absolute Gasteiger partial charge is 0.215 e. The zero-order valence-electron chi connectivity index (χ0n) is 7.60. The zero-order chi connectivity index (χ0) is 10.2. The van der Waals surface area contributed by atoms with E-state index < -0.39 is 10.0 Å². The van der Waals surface area contributed by atoms with Gasteiger partial charge in [0.05, 0.1) is 5.75 Å². The summed E-state index contributed by atoms with van der Waals surface area (Å²) in [7, 11) is -3.10. The number of rotatable bonds is 7. The second-order valence-electron chi connectivity index (χ2n) is 2.52. The summed E-state index contributed by atoms with van der Waals surface area (Å²) in [5.41, 5.74) is 7.93. The summed E-state index contributed by atoms with van der Waals surface area (Å²) in [4.78, 5) is 2.55. The number of hydrogen-bond acceptors (Lipinski definition) is 3. The Hall–Kier alpha value is -0.780. The van der Waals surface area contributed by atoms with Gasteiger partial charge in [-0.15, -0.1) is 0 Å². The van der Waals surface area contributed by atoms with E-state index in [1.807, 2.05) is 0 Å². The predicted octanol–water partition coefficient (Wildman–Crippen LogP) is 1.02. The first-order valence-electron chi connectivity index (χ1n) is 4.10. The van der Waals surface area contributed by atoms with Crippen LogP contribution in [0.1, 0.15) is 19.8 Å². The molecule has 0 spiro atoms. The Balaban J connectivity index is 3.58. The normalized spacial score (nSPS) is 10.8. The third-order valence-electron chi connectivity index (χ3n) is 1.29. The molecule has 0 aromatic heterocycles. The van der Waals surface area contributed by atoms with Crippen molar-refractivity contribution in [3.8, 4) is 0 Å². The van der Waals surface area contributed by atoms with Gasteiger partial charge in [0.1, 0.15) is 0 Å². The first-order chi connectivity index (χ1) is 6.12. The number of nitrogens with zero attached hydrogens (tertiary/aromatic N) is 3. The first kappa shape index (κ1) is 12.2. The predicted molar refractivity (Wildman–Crippen MR) is 50.7 cm³/mol. The molecule has 0 atom stereocenters. The summed E-state index contributed by atoms with van der Waals surface area (Å²) in [5.74, 6) is 0.147. The highest BCUT2D eigenvalue weighted by atomic mass is 32.2. The lowest BCUT2D eigenvalue weighted by atomic mass is 10.4. The van der Waals surface area contributed by atoms with Gasteiger partial charge in [0, 0.05) is 18.0 Å². The standard InChI is InChI=1S/C6H14N4O2S/c1-2-6-13(11,12)9-5-3-4-8-10-7/h9H,2-6H2,1H3. The molecule has 0 aliphatic rings. The van der Waals surface area contributed by atoms with E-state index in [1.54, 1.807) is 6.92 Å². The van der Waals surface area contributed by atoms with Crippen LogP contribution in [-0.2, 0) is 10.0 Å². The van der Waals surface area contributed by atoms with Crippen molar-refractivity contribution in [1.29, 1.82) is 0 Å². The van der Waals surface area contributed by atoms with E-state index in [2.05, 4.69) is 14.7 Å². The molecule has 0 radical (unpaired) electrons. The van der Waals surface area contributed by atoms with Crippen LogP contribution in [-0.4, -0.2) is 27.3 Å². The Morgan fingerprint density at radius 1 is 1.54 bits per heavy atom. The minimum atomic E-state index is -3.10. The third kappa shape index (κ3) is 7.58. The Morgan fingerprint density at radius 3 is 2.77 bits per heavy atom. The molecule has 0 rings (SSSR count). The van der Waals surface area contributed by atoms with Gasteiger partial charge in [-0.1, -0.05) is 12.0 Å². The maximum absolute atomic E-state index is 11.0. The van der Waals surface area contributed by atoms with E-state index in [4.69, 9.17) is 5.53 Å². The molecule has 0 saturated heterocycles. The molecule has 0 aromatic carbocycles. The summed E-state index contributed by atoms with van der Waals surface area (Å²) in [6.07, 6.45) is 1.14. The molecule has 0 aromatic rings. The van der Waals surface area contributed by atoms with E-state index in [0.717, 1.165) is 0 Å². The van der Waals surface area contributed by atoms with Crippen LogP contribution in [0, 0.1) is 0 Å². The topological polar surface area (TPSA) is 94.9 Å². The molecule has 0 heterocycles. The molecule has 0 saturated carbocycles. The van der Waals surface area contributed by atoms with Crippen molar-refractivity contribution >= 4 is 10.0 Å². The number of nitrogens with one attached hydrogen (secondary N) is 1. The molecule has 0 unspecified atom stereocenters. The summed E-state index contributed by atoms with van der Waals surface area (Å²) in [6.45, 7) is 2.46. The van der Waals surface area contributed by atoms with E-state index in [1.165, 1.54) is 0 Å². The Morgan fingerprint density at radius 2 is 2.23 bits per heavy atom. The lowest BCUT2D eigenvalue weighted by Crippen LogP contribution is -2.27. The Bertz CT molecular complexity index is 268. The van der Waals surface area contributed by atoms with Crippen LogP contribution in [0.5, 0.6) is 0 Å². The molecule has 6 nitrogen and oxygen atoms in total. The fourth-order valence-electron chi connectivity index (χ4n) is 0.763. The van der Waals surface area contributed by atoms with Crippen molar-refractivity contribution in [2.75, 3.05) is 18.8 Å². The quantitative estimate of drug-likeness (QED) is 0.291. The van der Waals surface area contributed by atoms with Crippen molar-refractivity contribution in [2.24, 2.45) is 5.11 Å². The van der Waals surface area contributed by atoms with Gasteiger partial charge >= 0.3 is 0 Å². The van der Waals surface area contributed by atoms with Gasteiger partial charge in [-0.05, 0) is 18.4 Å². The fraction of sp³-hybridized carbons (Fsp3) is 1.00. The van der Waals surface area contributed by atoms with Crippen LogP contribution in [0.2, 0.25) is 0 Å². The minimum absolute atomic E-state index is 0.147. The zero-order valence-corrected chi connectivity index (χ0v) is 8.42. The van der Waals surface area contributed by atoms with Crippen molar-refractivity contribution < 1.29 is 8.42 Å². The maximum Gasteiger partial charge on any atom is 0.211 e. The summed E-state index contributed by atoms with van der Waals surface area (Å²) >= 11 is 0. The monoisotopic (exact) mass is 206 g/mol. The van der Waals surface area contributed by atoms with Crippen molar-refractivity contribution in [2.45, 2.75) is 19.8 Å². The van der Waals surface area contributed by atoms with Crippen molar-refractivity contribution in [3.63, 3.8) is 0 Å². The first-order valence-corrected chi connectivity index (χ1v) is 5.76. The van der Waals surface area contributed by atoms with E-state index in [0.29, 0.717) is 25.9 Å². The molecular weight excluding hydrogens is 192 g/mol. The number of azide groups is 1. The second-order valence-corrected chi connectivity index (χ2v) is 4.45. The van der Waals surface area contributed by atoms with E-state index in [-0.39, 0.29) is 5.75 Å². The highest BCUT2D eigenvalue weighted by molar-refractivity contribution is 7.89. The van der Waals surface area contributed by atoms with Crippen LogP contribution in [0.25, 0.3) is 10.4 Å². The summed E-state index contributed by atoms with van der Waals surface area (Å²) in [5, 5.41) is 3.28. The maximum atomic E-state index is 11.0. The third-order valence-corrected chi connectivity index (χ3v) is 2.88. The smallest absolute Gasteiger partial charge is 0.211 e. The lowest BCUT2D eigenvalue weighted by molar-refractivity contribution is 0.578. The molecule has 0 aliphatic carbocycles. The van der Waals surface area contributed by atoms with Crippen molar-refractivity contribution in [3.05, 3.63) is 10.4 Å². The molecule has 1 N–H and O–H groups in total. The highest BCUT2D eigenvalue weighted by Gasteiger charge is 2.05. The van der Waals surface area contributed by atoms with Gasteiger partial charge in [-0.3, -0.25) is 0 Å². The average molecular weight is 206 g/mol. The molecule has 0 fully saturated rings. The van der Waals surface area contributed by atoms with Gasteiger partial charge in [0.2, 0.25) is 10.0 Å². The summed E-state index contributed by atoms with van der Waals surface area (Å²) in [6, 6.07) is 0. The molecule has 0 amide bonds. The van der Waals surface area contributed by atoms with Gasteiger partial charge in [-0.2, -0.15) is 0 Å². The van der Waals surface area contributed by atoms with Crippen LogP contribution in [0.3, 0.4) is 0 Å². The van der Waals surface area contributed by atoms with Gasteiger partial charge in [0.25, 0.3) is 0 Å². The Kier molecular flexibility index (Phi) is 6.30. The second kappa shape index (κ2) is 6.71. The summed E-state index contributed by atoms with van der Waals surface area (Å²) < 4.78 is 24.5. The fourth-order valence-corrected chi connectivity index (χ4v) is 1.90. The van der Waals surface area contributed by atoms with Crippen LogP contribution in [0.4, 0.5) is 0 Å². The molecule has 0 aliphatic heterocycles. The van der Waals surface area contributed by atoms with E-state index in [9.17, 15) is 8.42 Å². The van der Waals surface area contributed by atoms with Crippen LogP contribution in [0.15, 0.2) is 5.11 Å². The Labute approximate surface area is 78.0 Å². The van der Waals surface area contributed by atoms with Gasteiger partial charge in [0.15, 0.2) is 0 Å². The van der Waals surface area contributed by atoms with Crippen molar-refractivity contribution in [1.82, 2.24) is 4.72 Å². The molecular formula is C6H14N4O2S.